The third-order valence-electron chi connectivity index (χ3n) is 6.11. The molecule has 1 unspecified atom stereocenters. The smallest absolute Gasteiger partial charge is 0.335 e. The van der Waals surface area contributed by atoms with Crippen molar-refractivity contribution in [2.75, 3.05) is 26.2 Å². The summed E-state index contributed by atoms with van der Waals surface area (Å²) in [5, 5.41) is 5.17. The quantitative estimate of drug-likeness (QED) is 0.273. The van der Waals surface area contributed by atoms with E-state index in [0.717, 1.165) is 16.7 Å². The number of carbonyl (C=O) groups is 3. The van der Waals surface area contributed by atoms with Gasteiger partial charge in [0.05, 0.1) is 12.2 Å². The first-order chi connectivity index (χ1) is 17.3. The number of halogens is 1. The zero-order valence-corrected chi connectivity index (χ0v) is 20.7. The van der Waals surface area contributed by atoms with Crippen molar-refractivity contribution in [3.05, 3.63) is 70.7 Å². The largest absolute Gasteiger partial charge is 0.493 e. The van der Waals surface area contributed by atoms with Crippen LogP contribution in [0.4, 0.5) is 0 Å². The highest BCUT2D eigenvalue weighted by molar-refractivity contribution is 6.30. The number of piperazine rings is 1. The molecule has 36 heavy (non-hydrogen) atoms. The minimum absolute atomic E-state index is 0.0795. The molecule has 3 aromatic carbocycles. The molecule has 3 N–H and O–H groups in total. The summed E-state index contributed by atoms with van der Waals surface area (Å²) in [4.78, 5) is 39.8. The molecule has 0 aliphatic carbocycles. The fraction of sp³-hybridized carbons (Fsp3) is 0.296. The molecule has 0 bridgehead atoms. The number of esters is 1. The van der Waals surface area contributed by atoms with E-state index in [0.29, 0.717) is 36.5 Å². The third-order valence-corrected chi connectivity index (χ3v) is 6.35. The Morgan fingerprint density at radius 3 is 2.67 bits per heavy atom. The van der Waals surface area contributed by atoms with Gasteiger partial charge in [-0.05, 0) is 53.9 Å². The SMILES string of the molecule is Cc1cc(Cl)ccc1OCCCC(=O)N1CCNCC1C(=O)Oc1ccc2ccccc2c1C(N)=O. The van der Waals surface area contributed by atoms with Gasteiger partial charge in [0.1, 0.15) is 17.5 Å². The van der Waals surface area contributed by atoms with Gasteiger partial charge in [0.25, 0.3) is 5.91 Å². The molecule has 8 nitrogen and oxygen atoms in total. The highest BCUT2D eigenvalue weighted by Crippen LogP contribution is 2.28. The maximum absolute atomic E-state index is 13.1. The van der Waals surface area contributed by atoms with Crippen molar-refractivity contribution in [2.24, 2.45) is 5.73 Å². The van der Waals surface area contributed by atoms with E-state index < -0.39 is 17.9 Å². The number of hydrogen-bond acceptors (Lipinski definition) is 6. The molecule has 3 aromatic rings. The monoisotopic (exact) mass is 509 g/mol. The molecule has 188 valence electrons. The molecule has 0 radical (unpaired) electrons. The highest BCUT2D eigenvalue weighted by Gasteiger charge is 2.34. The number of primary amides is 1. The number of rotatable bonds is 8. The Kier molecular flexibility index (Phi) is 8.07. The molecule has 1 heterocycles. The van der Waals surface area contributed by atoms with Gasteiger partial charge >= 0.3 is 5.97 Å². The van der Waals surface area contributed by atoms with Gasteiger partial charge in [0, 0.05) is 31.1 Å². The number of ether oxygens (including phenoxy) is 2. The van der Waals surface area contributed by atoms with E-state index in [-0.39, 0.29) is 30.2 Å². The van der Waals surface area contributed by atoms with Crippen LogP contribution in [0.3, 0.4) is 0 Å². The van der Waals surface area contributed by atoms with Crippen LogP contribution < -0.4 is 20.5 Å². The van der Waals surface area contributed by atoms with Crippen molar-refractivity contribution in [1.82, 2.24) is 10.2 Å². The standard InChI is InChI=1S/C27H28ClN3O5/c1-17-15-19(28)9-11-22(17)35-14-4-7-24(32)31-13-12-30-16-21(31)27(34)36-23-10-8-18-5-2-3-6-20(18)25(23)26(29)33/h2-3,5-6,8-11,15,21,30H,4,7,12-14,16H2,1H3,(H2,29,33). The molecular formula is C27H28ClN3O5. The van der Waals surface area contributed by atoms with Gasteiger partial charge in [-0.2, -0.15) is 0 Å². The minimum Gasteiger partial charge on any atom is -0.493 e. The first-order valence-electron chi connectivity index (χ1n) is 11.8. The predicted molar refractivity (Wildman–Crippen MR) is 137 cm³/mol. The zero-order valence-electron chi connectivity index (χ0n) is 20.0. The van der Waals surface area contributed by atoms with E-state index >= 15 is 0 Å². The van der Waals surface area contributed by atoms with E-state index in [1.807, 2.05) is 25.1 Å². The molecule has 0 spiro atoms. The average Bonchev–Trinajstić information content (AvgIpc) is 2.87. The first-order valence-corrected chi connectivity index (χ1v) is 12.2. The lowest BCUT2D eigenvalue weighted by Crippen LogP contribution is -2.58. The van der Waals surface area contributed by atoms with Gasteiger partial charge in [-0.25, -0.2) is 4.79 Å². The van der Waals surface area contributed by atoms with Crippen molar-refractivity contribution in [2.45, 2.75) is 25.8 Å². The topological polar surface area (TPSA) is 111 Å². The van der Waals surface area contributed by atoms with Crippen LogP contribution in [-0.2, 0) is 9.59 Å². The van der Waals surface area contributed by atoms with Crippen LogP contribution in [0.25, 0.3) is 10.8 Å². The maximum atomic E-state index is 13.1. The van der Waals surface area contributed by atoms with Crippen LogP contribution in [-0.4, -0.2) is 55.0 Å². The summed E-state index contributed by atoms with van der Waals surface area (Å²) < 4.78 is 11.4. The molecule has 2 amide bonds. The van der Waals surface area contributed by atoms with Crippen molar-refractivity contribution in [3.8, 4) is 11.5 Å². The van der Waals surface area contributed by atoms with Crippen molar-refractivity contribution >= 4 is 40.2 Å². The molecule has 1 saturated heterocycles. The lowest BCUT2D eigenvalue weighted by atomic mass is 10.0. The summed E-state index contributed by atoms with van der Waals surface area (Å²) in [6.07, 6.45) is 0.710. The van der Waals surface area contributed by atoms with Crippen LogP contribution in [0.15, 0.2) is 54.6 Å². The minimum atomic E-state index is -0.821. The van der Waals surface area contributed by atoms with Gasteiger partial charge in [-0.1, -0.05) is 41.9 Å². The Bertz CT molecular complexity index is 1300. The van der Waals surface area contributed by atoms with E-state index in [4.69, 9.17) is 26.8 Å². The predicted octanol–water partition coefficient (Wildman–Crippen LogP) is 3.47. The van der Waals surface area contributed by atoms with Crippen molar-refractivity contribution in [3.63, 3.8) is 0 Å². The second kappa shape index (κ2) is 11.4. The van der Waals surface area contributed by atoms with Crippen LogP contribution >= 0.6 is 11.6 Å². The molecular weight excluding hydrogens is 482 g/mol. The first kappa shape index (κ1) is 25.5. The Morgan fingerprint density at radius 1 is 1.11 bits per heavy atom. The number of nitrogens with two attached hydrogens (primary N) is 1. The van der Waals surface area contributed by atoms with Crippen LogP contribution in [0.2, 0.25) is 5.02 Å². The maximum Gasteiger partial charge on any atom is 0.335 e. The van der Waals surface area contributed by atoms with Crippen molar-refractivity contribution in [1.29, 1.82) is 0 Å². The van der Waals surface area contributed by atoms with E-state index in [1.54, 1.807) is 36.4 Å². The molecule has 0 saturated carbocycles. The Hall–Kier alpha value is -3.62. The van der Waals surface area contributed by atoms with E-state index in [2.05, 4.69) is 5.32 Å². The summed E-state index contributed by atoms with van der Waals surface area (Å²) >= 11 is 5.97. The number of aryl methyl sites for hydroxylation is 1. The van der Waals surface area contributed by atoms with Crippen LogP contribution in [0.1, 0.15) is 28.8 Å². The Balaban J connectivity index is 1.40. The fourth-order valence-corrected chi connectivity index (χ4v) is 4.53. The van der Waals surface area contributed by atoms with Gasteiger partial charge in [0.15, 0.2) is 0 Å². The van der Waals surface area contributed by atoms with Gasteiger partial charge in [-0.15, -0.1) is 0 Å². The summed E-state index contributed by atoms with van der Waals surface area (Å²) in [5.41, 5.74) is 6.67. The molecule has 1 aliphatic rings. The number of hydrogen-bond donors (Lipinski definition) is 2. The Morgan fingerprint density at radius 2 is 1.89 bits per heavy atom. The van der Waals surface area contributed by atoms with E-state index in [9.17, 15) is 14.4 Å². The third kappa shape index (κ3) is 5.78. The number of carbonyl (C=O) groups excluding carboxylic acids is 3. The summed E-state index contributed by atoms with van der Waals surface area (Å²) in [7, 11) is 0. The average molecular weight is 510 g/mol. The number of benzene rings is 3. The Labute approximate surface area is 214 Å². The van der Waals surface area contributed by atoms with Crippen LogP contribution in [0.5, 0.6) is 11.5 Å². The molecule has 1 atom stereocenters. The van der Waals surface area contributed by atoms with Gasteiger partial charge < -0.3 is 25.4 Å². The van der Waals surface area contributed by atoms with Gasteiger partial charge in [-0.3, -0.25) is 9.59 Å². The fourth-order valence-electron chi connectivity index (χ4n) is 4.30. The lowest BCUT2D eigenvalue weighted by molar-refractivity contribution is -0.149. The number of nitrogens with zero attached hydrogens (tertiary/aromatic N) is 1. The van der Waals surface area contributed by atoms with Gasteiger partial charge in [0.2, 0.25) is 5.91 Å². The molecule has 1 aliphatic heterocycles. The molecule has 1 fully saturated rings. The number of fused-ring (bicyclic) bond motifs is 1. The normalized spacial score (nSPS) is 15.5. The summed E-state index contributed by atoms with van der Waals surface area (Å²) in [6.45, 7) is 3.45. The summed E-state index contributed by atoms with van der Waals surface area (Å²) in [5.74, 6) is -0.683. The highest BCUT2D eigenvalue weighted by atomic mass is 35.5. The lowest BCUT2D eigenvalue weighted by Gasteiger charge is -2.34. The number of nitrogens with one attached hydrogen (secondary N) is 1. The second-order valence-corrected chi connectivity index (χ2v) is 9.05. The summed E-state index contributed by atoms with van der Waals surface area (Å²) in [6, 6.07) is 15.1. The zero-order chi connectivity index (χ0) is 25.7. The van der Waals surface area contributed by atoms with Crippen LogP contribution in [0, 0.1) is 6.92 Å². The molecule has 9 heteroatoms. The van der Waals surface area contributed by atoms with Crippen molar-refractivity contribution < 1.29 is 23.9 Å². The van der Waals surface area contributed by atoms with E-state index in [1.165, 1.54) is 4.90 Å². The second-order valence-electron chi connectivity index (χ2n) is 8.61. The molecule has 0 aromatic heterocycles. The molecule has 4 rings (SSSR count). The number of amides is 2.